The fraction of sp³-hybridized carbons (Fsp3) is 0.312. The molecule has 1 N–H and O–H groups in total. The first kappa shape index (κ1) is 15.3. The van der Waals surface area contributed by atoms with Crippen molar-refractivity contribution in [2.75, 3.05) is 14.2 Å². The number of hydrogen-bond acceptors (Lipinski definition) is 4. The molecule has 1 aromatic heterocycles. The number of methoxy groups -OCH3 is 2. The minimum Gasteiger partial charge on any atom is -0.493 e. The average molecular weight is 290 g/mol. The van der Waals surface area contributed by atoms with Gasteiger partial charge in [0.25, 0.3) is 0 Å². The predicted molar refractivity (Wildman–Crippen MR) is 79.0 cm³/mol. The van der Waals surface area contributed by atoms with E-state index in [-0.39, 0.29) is 11.9 Å². The number of halogens is 1. The van der Waals surface area contributed by atoms with Gasteiger partial charge in [-0.2, -0.15) is 0 Å². The van der Waals surface area contributed by atoms with Crippen LogP contribution in [0.4, 0.5) is 4.39 Å². The average Bonchev–Trinajstić information content (AvgIpc) is 2.51. The highest BCUT2D eigenvalue weighted by Gasteiger charge is 2.12. The Balaban J connectivity index is 2.09. The summed E-state index contributed by atoms with van der Waals surface area (Å²) in [7, 11) is 3.17. The number of aromatic nitrogens is 1. The van der Waals surface area contributed by atoms with Crippen molar-refractivity contribution in [3.8, 4) is 11.5 Å². The number of pyridine rings is 1. The second-order valence-electron chi connectivity index (χ2n) is 4.65. The lowest BCUT2D eigenvalue weighted by atomic mass is 10.1. The van der Waals surface area contributed by atoms with Crippen molar-refractivity contribution in [2.45, 2.75) is 19.5 Å². The first-order valence-electron chi connectivity index (χ1n) is 6.70. The molecule has 0 saturated heterocycles. The summed E-state index contributed by atoms with van der Waals surface area (Å²) in [4.78, 5) is 4.30. The summed E-state index contributed by atoms with van der Waals surface area (Å²) >= 11 is 0. The van der Waals surface area contributed by atoms with Crippen LogP contribution in [0.3, 0.4) is 0 Å². The van der Waals surface area contributed by atoms with E-state index in [1.165, 1.54) is 12.1 Å². The fourth-order valence-corrected chi connectivity index (χ4v) is 2.12. The SMILES string of the molecule is COc1ccnc(CN[C@H](C)c2cccc(F)c2)c1OC. The molecule has 5 heteroatoms. The van der Waals surface area contributed by atoms with Crippen LogP contribution in [-0.2, 0) is 6.54 Å². The molecular formula is C16H19FN2O2. The van der Waals surface area contributed by atoms with E-state index in [1.54, 1.807) is 32.5 Å². The van der Waals surface area contributed by atoms with Crippen LogP contribution in [0.25, 0.3) is 0 Å². The summed E-state index contributed by atoms with van der Waals surface area (Å²) in [6.07, 6.45) is 1.67. The fourth-order valence-electron chi connectivity index (χ4n) is 2.12. The first-order valence-corrected chi connectivity index (χ1v) is 6.70. The third-order valence-electron chi connectivity index (χ3n) is 3.29. The molecule has 2 aromatic rings. The maximum absolute atomic E-state index is 13.2. The maximum Gasteiger partial charge on any atom is 0.183 e. The molecule has 0 bridgehead atoms. The molecule has 0 fully saturated rings. The molecule has 1 heterocycles. The van der Waals surface area contributed by atoms with Gasteiger partial charge in [-0.1, -0.05) is 12.1 Å². The Morgan fingerprint density at radius 3 is 2.71 bits per heavy atom. The van der Waals surface area contributed by atoms with Crippen molar-refractivity contribution in [3.63, 3.8) is 0 Å². The zero-order valence-electron chi connectivity index (χ0n) is 12.4. The molecule has 0 aliphatic heterocycles. The lowest BCUT2D eigenvalue weighted by molar-refractivity contribution is 0.347. The van der Waals surface area contributed by atoms with Gasteiger partial charge in [0.05, 0.1) is 19.9 Å². The number of nitrogens with one attached hydrogen (secondary N) is 1. The minimum absolute atomic E-state index is 0.00147. The van der Waals surface area contributed by atoms with Crippen molar-refractivity contribution < 1.29 is 13.9 Å². The maximum atomic E-state index is 13.2. The Morgan fingerprint density at radius 1 is 1.24 bits per heavy atom. The van der Waals surface area contributed by atoms with Gasteiger partial charge in [-0.05, 0) is 24.6 Å². The van der Waals surface area contributed by atoms with Crippen LogP contribution in [-0.4, -0.2) is 19.2 Å². The second kappa shape index (κ2) is 7.04. The zero-order chi connectivity index (χ0) is 15.2. The smallest absolute Gasteiger partial charge is 0.183 e. The van der Waals surface area contributed by atoms with Crippen LogP contribution in [0.2, 0.25) is 0 Å². The molecule has 0 aliphatic rings. The summed E-state index contributed by atoms with van der Waals surface area (Å²) in [6.45, 7) is 2.47. The molecule has 1 atom stereocenters. The minimum atomic E-state index is -0.238. The molecule has 1 aromatic carbocycles. The molecule has 0 saturated carbocycles. The Bertz CT molecular complexity index is 605. The van der Waals surface area contributed by atoms with Gasteiger partial charge in [0, 0.05) is 24.8 Å². The number of benzene rings is 1. The molecule has 0 spiro atoms. The van der Waals surface area contributed by atoms with Gasteiger partial charge in [0.1, 0.15) is 5.82 Å². The van der Waals surface area contributed by atoms with E-state index in [2.05, 4.69) is 10.3 Å². The molecule has 2 rings (SSSR count). The lowest BCUT2D eigenvalue weighted by Gasteiger charge is -2.16. The summed E-state index contributed by atoms with van der Waals surface area (Å²) in [5, 5.41) is 3.30. The highest BCUT2D eigenvalue weighted by Crippen LogP contribution is 2.29. The number of rotatable bonds is 6. The number of ether oxygens (including phenoxy) is 2. The monoisotopic (exact) mass is 290 g/mol. The Labute approximate surface area is 123 Å². The Hall–Kier alpha value is -2.14. The van der Waals surface area contributed by atoms with E-state index in [1.807, 2.05) is 13.0 Å². The third kappa shape index (κ3) is 3.70. The van der Waals surface area contributed by atoms with Crippen molar-refractivity contribution >= 4 is 0 Å². The van der Waals surface area contributed by atoms with E-state index in [4.69, 9.17) is 9.47 Å². The van der Waals surface area contributed by atoms with Crippen LogP contribution in [0.1, 0.15) is 24.2 Å². The summed E-state index contributed by atoms with van der Waals surface area (Å²) < 4.78 is 23.8. The quantitative estimate of drug-likeness (QED) is 0.888. The molecule has 0 aliphatic carbocycles. The Morgan fingerprint density at radius 2 is 2.05 bits per heavy atom. The van der Waals surface area contributed by atoms with E-state index in [0.717, 1.165) is 11.3 Å². The molecular weight excluding hydrogens is 271 g/mol. The standard InChI is InChI=1S/C16H19FN2O2/c1-11(12-5-4-6-13(17)9-12)19-10-14-16(21-3)15(20-2)7-8-18-14/h4-9,11,19H,10H2,1-3H3/t11-/m1/s1. The van der Waals surface area contributed by atoms with Crippen LogP contribution >= 0.6 is 0 Å². The highest BCUT2D eigenvalue weighted by molar-refractivity contribution is 5.42. The summed E-state index contributed by atoms with van der Waals surface area (Å²) in [5.74, 6) is 1.01. The van der Waals surface area contributed by atoms with E-state index in [0.29, 0.717) is 18.0 Å². The largest absolute Gasteiger partial charge is 0.493 e. The van der Waals surface area contributed by atoms with Gasteiger partial charge < -0.3 is 14.8 Å². The van der Waals surface area contributed by atoms with E-state index >= 15 is 0 Å². The van der Waals surface area contributed by atoms with Gasteiger partial charge in [-0.25, -0.2) is 4.39 Å². The second-order valence-corrected chi connectivity index (χ2v) is 4.65. The topological polar surface area (TPSA) is 43.4 Å². The summed E-state index contributed by atoms with van der Waals surface area (Å²) in [6, 6.07) is 8.29. The third-order valence-corrected chi connectivity index (χ3v) is 3.29. The van der Waals surface area contributed by atoms with Crippen LogP contribution in [0.5, 0.6) is 11.5 Å². The van der Waals surface area contributed by atoms with Gasteiger partial charge >= 0.3 is 0 Å². The van der Waals surface area contributed by atoms with Gasteiger partial charge in [0.15, 0.2) is 11.5 Å². The molecule has 21 heavy (non-hydrogen) atoms. The highest BCUT2D eigenvalue weighted by atomic mass is 19.1. The zero-order valence-corrected chi connectivity index (χ0v) is 12.4. The Kier molecular flexibility index (Phi) is 5.11. The predicted octanol–water partition coefficient (Wildman–Crippen LogP) is 3.09. The molecule has 0 unspecified atom stereocenters. The van der Waals surface area contributed by atoms with Gasteiger partial charge in [0.2, 0.25) is 0 Å². The van der Waals surface area contributed by atoms with Crippen LogP contribution < -0.4 is 14.8 Å². The van der Waals surface area contributed by atoms with Crippen LogP contribution in [0, 0.1) is 5.82 Å². The van der Waals surface area contributed by atoms with Crippen molar-refractivity contribution in [1.29, 1.82) is 0 Å². The molecule has 0 radical (unpaired) electrons. The first-order chi connectivity index (χ1) is 10.2. The van der Waals surface area contributed by atoms with E-state index in [9.17, 15) is 4.39 Å². The molecule has 112 valence electrons. The normalized spacial score (nSPS) is 12.0. The van der Waals surface area contributed by atoms with Crippen molar-refractivity contribution in [3.05, 3.63) is 53.6 Å². The lowest BCUT2D eigenvalue weighted by Crippen LogP contribution is -2.19. The van der Waals surface area contributed by atoms with Crippen LogP contribution in [0.15, 0.2) is 36.5 Å². The summed E-state index contributed by atoms with van der Waals surface area (Å²) in [5.41, 5.74) is 1.64. The molecule has 0 amide bonds. The van der Waals surface area contributed by atoms with E-state index < -0.39 is 0 Å². The van der Waals surface area contributed by atoms with Gasteiger partial charge in [-0.15, -0.1) is 0 Å². The van der Waals surface area contributed by atoms with Gasteiger partial charge in [-0.3, -0.25) is 4.98 Å². The molecule has 4 nitrogen and oxygen atoms in total. The number of hydrogen-bond donors (Lipinski definition) is 1. The number of nitrogens with zero attached hydrogens (tertiary/aromatic N) is 1. The van der Waals surface area contributed by atoms with Crippen molar-refractivity contribution in [2.24, 2.45) is 0 Å². The van der Waals surface area contributed by atoms with Crippen molar-refractivity contribution in [1.82, 2.24) is 10.3 Å².